The third-order valence-electron chi connectivity index (χ3n) is 2.08. The lowest BCUT2D eigenvalue weighted by Gasteiger charge is -2.12. The molecule has 0 aliphatic rings. The van der Waals surface area contributed by atoms with Crippen LogP contribution in [-0.2, 0) is 10.2 Å². The van der Waals surface area contributed by atoms with Crippen LogP contribution in [0.5, 0.6) is 0 Å². The molecule has 0 aliphatic carbocycles. The van der Waals surface area contributed by atoms with Crippen molar-refractivity contribution in [1.29, 1.82) is 0 Å². The highest BCUT2D eigenvalue weighted by atomic mass is 32.1. The SMILES string of the molecule is COCCNC(=S)Nc1cc(C(C)(C)C)on1. The molecule has 96 valence electrons. The highest BCUT2D eigenvalue weighted by Crippen LogP contribution is 2.24. The van der Waals surface area contributed by atoms with Crippen molar-refractivity contribution in [2.24, 2.45) is 0 Å². The Kier molecular flexibility index (Phi) is 4.89. The largest absolute Gasteiger partial charge is 0.383 e. The second-order valence-electron chi connectivity index (χ2n) is 4.70. The Morgan fingerprint density at radius 1 is 1.53 bits per heavy atom. The van der Waals surface area contributed by atoms with E-state index in [0.717, 1.165) is 5.76 Å². The van der Waals surface area contributed by atoms with Gasteiger partial charge in [0, 0.05) is 25.1 Å². The van der Waals surface area contributed by atoms with E-state index >= 15 is 0 Å². The number of methoxy groups -OCH3 is 1. The molecule has 0 radical (unpaired) electrons. The molecule has 1 aromatic rings. The second-order valence-corrected chi connectivity index (χ2v) is 5.11. The van der Waals surface area contributed by atoms with Crippen LogP contribution >= 0.6 is 12.2 Å². The van der Waals surface area contributed by atoms with E-state index in [1.165, 1.54) is 0 Å². The van der Waals surface area contributed by atoms with Crippen molar-refractivity contribution in [3.63, 3.8) is 0 Å². The van der Waals surface area contributed by atoms with Gasteiger partial charge in [0.2, 0.25) is 0 Å². The molecule has 0 spiro atoms. The van der Waals surface area contributed by atoms with E-state index in [1.807, 2.05) is 6.07 Å². The molecule has 2 N–H and O–H groups in total. The number of nitrogens with one attached hydrogen (secondary N) is 2. The number of hydrogen-bond donors (Lipinski definition) is 2. The summed E-state index contributed by atoms with van der Waals surface area (Å²) in [4.78, 5) is 0. The van der Waals surface area contributed by atoms with Gasteiger partial charge in [-0.1, -0.05) is 25.9 Å². The predicted molar refractivity (Wildman–Crippen MR) is 71.3 cm³/mol. The Labute approximate surface area is 107 Å². The molecule has 0 saturated heterocycles. The minimum Gasteiger partial charge on any atom is -0.383 e. The molecule has 1 heterocycles. The molecule has 0 bridgehead atoms. The van der Waals surface area contributed by atoms with Gasteiger partial charge >= 0.3 is 0 Å². The Balaban J connectivity index is 2.46. The van der Waals surface area contributed by atoms with Crippen molar-refractivity contribution < 1.29 is 9.26 Å². The van der Waals surface area contributed by atoms with Crippen LogP contribution < -0.4 is 10.6 Å². The highest BCUT2D eigenvalue weighted by Gasteiger charge is 2.19. The van der Waals surface area contributed by atoms with Crippen LogP contribution in [0.15, 0.2) is 10.6 Å². The summed E-state index contributed by atoms with van der Waals surface area (Å²) in [7, 11) is 1.64. The van der Waals surface area contributed by atoms with Gasteiger partial charge in [0.15, 0.2) is 10.9 Å². The van der Waals surface area contributed by atoms with E-state index in [4.69, 9.17) is 21.5 Å². The molecule has 0 aromatic carbocycles. The zero-order valence-corrected chi connectivity index (χ0v) is 11.5. The molecule has 0 aliphatic heterocycles. The molecule has 0 amide bonds. The predicted octanol–water partition coefficient (Wildman–Crippen LogP) is 1.90. The maximum absolute atomic E-state index is 5.23. The first-order chi connectivity index (χ1) is 7.93. The van der Waals surface area contributed by atoms with Crippen LogP contribution in [-0.4, -0.2) is 30.5 Å². The zero-order chi connectivity index (χ0) is 12.9. The maximum atomic E-state index is 5.23. The van der Waals surface area contributed by atoms with Crippen molar-refractivity contribution in [1.82, 2.24) is 10.5 Å². The number of thiocarbonyl (C=S) groups is 1. The number of hydrogen-bond acceptors (Lipinski definition) is 4. The van der Waals surface area contributed by atoms with E-state index in [-0.39, 0.29) is 5.41 Å². The minimum absolute atomic E-state index is 0.0575. The van der Waals surface area contributed by atoms with E-state index in [1.54, 1.807) is 7.11 Å². The summed E-state index contributed by atoms with van der Waals surface area (Å²) in [6.07, 6.45) is 0. The summed E-state index contributed by atoms with van der Waals surface area (Å²) < 4.78 is 10.1. The summed E-state index contributed by atoms with van der Waals surface area (Å²) in [6, 6.07) is 1.85. The van der Waals surface area contributed by atoms with Crippen LogP contribution in [0.3, 0.4) is 0 Å². The normalized spacial score (nSPS) is 11.3. The number of aromatic nitrogens is 1. The zero-order valence-electron chi connectivity index (χ0n) is 10.7. The molecule has 17 heavy (non-hydrogen) atoms. The van der Waals surface area contributed by atoms with Gasteiger partial charge in [0.1, 0.15) is 5.76 Å². The molecule has 5 nitrogen and oxygen atoms in total. The minimum atomic E-state index is -0.0575. The number of nitrogens with zero attached hydrogens (tertiary/aromatic N) is 1. The van der Waals surface area contributed by atoms with Gasteiger partial charge in [-0.25, -0.2) is 0 Å². The molecule has 0 fully saturated rings. The van der Waals surface area contributed by atoms with E-state index in [9.17, 15) is 0 Å². The first-order valence-corrected chi connectivity index (χ1v) is 5.85. The summed E-state index contributed by atoms with van der Waals surface area (Å²) in [6.45, 7) is 7.45. The molecule has 0 atom stereocenters. The van der Waals surface area contributed by atoms with Crippen LogP contribution in [0.25, 0.3) is 0 Å². The van der Waals surface area contributed by atoms with Crippen molar-refractivity contribution >= 4 is 23.1 Å². The second kappa shape index (κ2) is 5.97. The Bertz CT molecular complexity index is 371. The van der Waals surface area contributed by atoms with Crippen molar-refractivity contribution in [2.75, 3.05) is 25.6 Å². The van der Waals surface area contributed by atoms with Crippen molar-refractivity contribution in [3.05, 3.63) is 11.8 Å². The van der Waals surface area contributed by atoms with Crippen LogP contribution in [0.4, 0.5) is 5.82 Å². The van der Waals surface area contributed by atoms with E-state index in [2.05, 4.69) is 36.6 Å². The third kappa shape index (κ3) is 4.70. The highest BCUT2D eigenvalue weighted by molar-refractivity contribution is 7.80. The Morgan fingerprint density at radius 2 is 2.24 bits per heavy atom. The van der Waals surface area contributed by atoms with Gasteiger partial charge in [-0.3, -0.25) is 0 Å². The first kappa shape index (κ1) is 13.9. The van der Waals surface area contributed by atoms with Crippen LogP contribution in [0.2, 0.25) is 0 Å². The molecule has 1 rings (SSSR count). The van der Waals surface area contributed by atoms with Crippen LogP contribution in [0, 0.1) is 0 Å². The molecular weight excluding hydrogens is 238 g/mol. The summed E-state index contributed by atoms with van der Waals surface area (Å²) in [5.74, 6) is 1.43. The molecular formula is C11H19N3O2S. The topological polar surface area (TPSA) is 59.3 Å². The van der Waals surface area contributed by atoms with Crippen molar-refractivity contribution in [2.45, 2.75) is 26.2 Å². The summed E-state index contributed by atoms with van der Waals surface area (Å²) in [5.41, 5.74) is -0.0575. The monoisotopic (exact) mass is 257 g/mol. The first-order valence-electron chi connectivity index (χ1n) is 5.44. The van der Waals surface area contributed by atoms with Gasteiger partial charge < -0.3 is 19.9 Å². The van der Waals surface area contributed by atoms with Gasteiger partial charge in [-0.15, -0.1) is 0 Å². The number of anilines is 1. The van der Waals surface area contributed by atoms with Gasteiger partial charge in [-0.2, -0.15) is 0 Å². The summed E-state index contributed by atoms with van der Waals surface area (Å²) >= 11 is 5.09. The standard InChI is InChI=1S/C11H19N3O2S/c1-11(2,3)8-7-9(14-16-8)13-10(17)12-5-6-15-4/h7H,5-6H2,1-4H3,(H2,12,13,14,17). The average molecular weight is 257 g/mol. The Morgan fingerprint density at radius 3 is 2.76 bits per heavy atom. The van der Waals surface area contributed by atoms with Gasteiger partial charge in [0.05, 0.1) is 6.61 Å². The molecule has 0 saturated carbocycles. The van der Waals surface area contributed by atoms with Crippen molar-refractivity contribution in [3.8, 4) is 0 Å². The van der Waals surface area contributed by atoms with E-state index < -0.39 is 0 Å². The smallest absolute Gasteiger partial charge is 0.175 e. The van der Waals surface area contributed by atoms with Gasteiger partial charge in [-0.05, 0) is 12.2 Å². The summed E-state index contributed by atoms with van der Waals surface area (Å²) in [5, 5.41) is 10.4. The lowest BCUT2D eigenvalue weighted by Crippen LogP contribution is -2.31. The average Bonchev–Trinajstić information content (AvgIpc) is 2.66. The van der Waals surface area contributed by atoms with Crippen LogP contribution in [0.1, 0.15) is 26.5 Å². The molecule has 1 aromatic heterocycles. The molecule has 6 heteroatoms. The third-order valence-corrected chi connectivity index (χ3v) is 2.33. The fourth-order valence-electron chi connectivity index (χ4n) is 1.11. The fourth-order valence-corrected chi connectivity index (χ4v) is 1.32. The lowest BCUT2D eigenvalue weighted by atomic mass is 9.93. The lowest BCUT2D eigenvalue weighted by molar-refractivity contribution is 0.204. The number of ether oxygens (including phenoxy) is 1. The fraction of sp³-hybridized carbons (Fsp3) is 0.636. The van der Waals surface area contributed by atoms with Gasteiger partial charge in [0.25, 0.3) is 0 Å². The van der Waals surface area contributed by atoms with E-state index in [0.29, 0.717) is 24.1 Å². The number of rotatable bonds is 4. The Hall–Kier alpha value is -1.14. The maximum Gasteiger partial charge on any atom is 0.175 e. The quantitative estimate of drug-likeness (QED) is 0.634. The molecule has 0 unspecified atom stereocenters.